The van der Waals surface area contributed by atoms with Crippen LogP contribution in [-0.2, 0) is 7.05 Å². The molecule has 0 unspecified atom stereocenters. The lowest BCUT2D eigenvalue weighted by molar-refractivity contribution is 0.439. The van der Waals surface area contributed by atoms with Gasteiger partial charge in [-0.2, -0.15) is 0 Å². The summed E-state index contributed by atoms with van der Waals surface area (Å²) >= 11 is 0. The smallest absolute Gasteiger partial charge is 0.222 e. The summed E-state index contributed by atoms with van der Waals surface area (Å²) in [6, 6.07) is 9.99. The number of fused-ring (bicyclic) bond motifs is 1. The molecule has 17 heavy (non-hydrogen) atoms. The van der Waals surface area contributed by atoms with Gasteiger partial charge in [0, 0.05) is 35.3 Å². The Labute approximate surface area is 98.6 Å². The minimum Gasteiger partial charge on any atom is -0.368 e. The molecule has 0 saturated heterocycles. The highest BCUT2D eigenvalue weighted by molar-refractivity contribution is 5.97. The van der Waals surface area contributed by atoms with E-state index >= 15 is 0 Å². The van der Waals surface area contributed by atoms with Crippen molar-refractivity contribution in [1.29, 1.82) is 0 Å². The van der Waals surface area contributed by atoms with Crippen molar-refractivity contribution in [3.05, 3.63) is 36.0 Å². The number of aromatic nitrogens is 2. The van der Waals surface area contributed by atoms with Gasteiger partial charge in [0.25, 0.3) is 0 Å². The van der Waals surface area contributed by atoms with E-state index in [0.717, 1.165) is 17.0 Å². The topological polar surface area (TPSA) is 57.0 Å². The lowest BCUT2D eigenvalue weighted by Gasteiger charge is -1.97. The molecule has 3 aromatic rings. The Balaban J connectivity index is 2.40. The van der Waals surface area contributed by atoms with E-state index in [1.165, 1.54) is 10.9 Å². The lowest BCUT2D eigenvalue weighted by Crippen LogP contribution is -1.90. The zero-order chi connectivity index (χ0) is 12.0. The van der Waals surface area contributed by atoms with Crippen LogP contribution in [0.4, 0.5) is 5.88 Å². The van der Waals surface area contributed by atoms with Gasteiger partial charge in [-0.3, -0.25) is 0 Å². The first kappa shape index (κ1) is 9.96. The average Bonchev–Trinajstić information content (AvgIpc) is 2.84. The van der Waals surface area contributed by atoms with Gasteiger partial charge in [-0.15, -0.1) is 0 Å². The van der Waals surface area contributed by atoms with Crippen LogP contribution in [0.1, 0.15) is 5.69 Å². The third kappa shape index (κ3) is 1.34. The second kappa shape index (κ2) is 3.38. The molecule has 2 aromatic heterocycles. The Morgan fingerprint density at radius 2 is 2.06 bits per heavy atom. The molecule has 2 heterocycles. The second-order valence-electron chi connectivity index (χ2n) is 4.15. The van der Waals surface area contributed by atoms with Crippen molar-refractivity contribution in [3.63, 3.8) is 0 Å². The van der Waals surface area contributed by atoms with Crippen LogP contribution >= 0.6 is 0 Å². The minimum atomic E-state index is 0.340. The molecule has 0 saturated carbocycles. The first-order valence-electron chi connectivity index (χ1n) is 5.45. The maximum Gasteiger partial charge on any atom is 0.222 e. The first-order chi connectivity index (χ1) is 8.18. The van der Waals surface area contributed by atoms with E-state index in [1.54, 1.807) is 6.07 Å². The highest BCUT2D eigenvalue weighted by atomic mass is 16.5. The fraction of sp³-hybridized carbons (Fsp3) is 0.154. The summed E-state index contributed by atoms with van der Waals surface area (Å²) in [6.07, 6.45) is 0. The van der Waals surface area contributed by atoms with E-state index in [9.17, 15) is 0 Å². The summed E-state index contributed by atoms with van der Waals surface area (Å²) in [7, 11) is 2.05. The molecule has 0 atom stereocenters. The van der Waals surface area contributed by atoms with Crippen molar-refractivity contribution >= 4 is 16.8 Å². The van der Waals surface area contributed by atoms with Crippen LogP contribution in [0.2, 0.25) is 0 Å². The fourth-order valence-corrected chi connectivity index (χ4v) is 2.25. The molecule has 0 spiro atoms. The van der Waals surface area contributed by atoms with Crippen LogP contribution in [0.3, 0.4) is 0 Å². The Morgan fingerprint density at radius 3 is 2.76 bits per heavy atom. The number of nitrogens with zero attached hydrogens (tertiary/aromatic N) is 2. The maximum absolute atomic E-state index is 5.58. The summed E-state index contributed by atoms with van der Waals surface area (Å²) < 4.78 is 7.10. The van der Waals surface area contributed by atoms with Crippen LogP contribution in [0.15, 0.2) is 34.9 Å². The minimum absolute atomic E-state index is 0.340. The average molecular weight is 227 g/mol. The molecular weight excluding hydrogens is 214 g/mol. The number of nitrogens with two attached hydrogens (primary N) is 1. The van der Waals surface area contributed by atoms with Gasteiger partial charge >= 0.3 is 0 Å². The van der Waals surface area contributed by atoms with Crippen molar-refractivity contribution in [2.75, 3.05) is 5.73 Å². The monoisotopic (exact) mass is 227 g/mol. The molecule has 1 aromatic carbocycles. The number of anilines is 1. The molecule has 0 aliphatic rings. The number of benzene rings is 1. The van der Waals surface area contributed by atoms with Gasteiger partial charge in [0.1, 0.15) is 5.69 Å². The summed E-state index contributed by atoms with van der Waals surface area (Å²) in [5, 5.41) is 5.16. The molecule has 0 radical (unpaired) electrons. The predicted octanol–water partition coefficient (Wildman–Crippen LogP) is 2.72. The third-order valence-corrected chi connectivity index (χ3v) is 3.18. The van der Waals surface area contributed by atoms with Crippen LogP contribution in [0.5, 0.6) is 0 Å². The van der Waals surface area contributed by atoms with E-state index in [-0.39, 0.29) is 0 Å². The molecule has 0 aliphatic carbocycles. The van der Waals surface area contributed by atoms with Crippen LogP contribution in [-0.4, -0.2) is 9.72 Å². The summed E-state index contributed by atoms with van der Waals surface area (Å²) in [5.74, 6) is 0.340. The Bertz CT molecular complexity index is 694. The van der Waals surface area contributed by atoms with Gasteiger partial charge in [-0.25, -0.2) is 0 Å². The number of hydrogen-bond acceptors (Lipinski definition) is 3. The molecule has 4 nitrogen and oxygen atoms in total. The van der Waals surface area contributed by atoms with E-state index < -0.39 is 0 Å². The lowest BCUT2D eigenvalue weighted by atomic mass is 10.1. The summed E-state index contributed by atoms with van der Waals surface area (Å²) in [6.45, 7) is 2.07. The van der Waals surface area contributed by atoms with Gasteiger partial charge < -0.3 is 14.8 Å². The van der Waals surface area contributed by atoms with Gasteiger partial charge in [0.05, 0.1) is 0 Å². The zero-order valence-electron chi connectivity index (χ0n) is 9.77. The highest BCUT2D eigenvalue weighted by Gasteiger charge is 2.15. The molecule has 2 N–H and O–H groups in total. The maximum atomic E-state index is 5.58. The van der Waals surface area contributed by atoms with Crippen LogP contribution in [0, 0.1) is 6.92 Å². The number of hydrogen-bond donors (Lipinski definition) is 1. The van der Waals surface area contributed by atoms with Crippen molar-refractivity contribution < 1.29 is 4.52 Å². The number of aryl methyl sites for hydroxylation is 1. The SMILES string of the molecule is Cc1c(-c2cc(N)on2)c2ccccc2n1C. The first-order valence-corrected chi connectivity index (χ1v) is 5.45. The molecule has 86 valence electrons. The zero-order valence-corrected chi connectivity index (χ0v) is 9.77. The molecule has 0 bridgehead atoms. The Morgan fingerprint density at radius 1 is 1.29 bits per heavy atom. The molecule has 3 rings (SSSR count). The molecule has 0 amide bonds. The molecule has 4 heteroatoms. The summed E-state index contributed by atoms with van der Waals surface area (Å²) in [4.78, 5) is 0. The van der Waals surface area contributed by atoms with Crippen molar-refractivity contribution in [3.8, 4) is 11.3 Å². The normalized spacial score (nSPS) is 11.2. The van der Waals surface area contributed by atoms with Gasteiger partial charge in [0.15, 0.2) is 0 Å². The molecular formula is C13H13N3O. The van der Waals surface area contributed by atoms with Crippen LogP contribution < -0.4 is 5.73 Å². The highest BCUT2D eigenvalue weighted by Crippen LogP contribution is 2.33. The van der Waals surface area contributed by atoms with Gasteiger partial charge in [0.2, 0.25) is 5.88 Å². The van der Waals surface area contributed by atoms with E-state index in [4.69, 9.17) is 10.3 Å². The Hall–Kier alpha value is -2.23. The van der Waals surface area contributed by atoms with E-state index in [2.05, 4.69) is 28.8 Å². The molecule has 0 fully saturated rings. The van der Waals surface area contributed by atoms with Gasteiger partial charge in [-0.1, -0.05) is 23.4 Å². The Kier molecular flexibility index (Phi) is 1.98. The standard InChI is InChI=1S/C13H13N3O/c1-8-13(10-7-12(14)17-15-10)9-5-3-4-6-11(9)16(8)2/h3-7H,14H2,1-2H3. The second-order valence-corrected chi connectivity index (χ2v) is 4.15. The fourth-order valence-electron chi connectivity index (χ4n) is 2.25. The molecule has 0 aliphatic heterocycles. The van der Waals surface area contributed by atoms with E-state index in [1.807, 2.05) is 19.2 Å². The summed E-state index contributed by atoms with van der Waals surface area (Å²) in [5.41, 5.74) is 9.79. The number of nitrogen functional groups attached to an aromatic ring is 1. The largest absolute Gasteiger partial charge is 0.368 e. The third-order valence-electron chi connectivity index (χ3n) is 3.18. The van der Waals surface area contributed by atoms with Gasteiger partial charge in [-0.05, 0) is 13.0 Å². The predicted molar refractivity (Wildman–Crippen MR) is 67.6 cm³/mol. The quantitative estimate of drug-likeness (QED) is 0.695. The van der Waals surface area contributed by atoms with Crippen molar-refractivity contribution in [2.45, 2.75) is 6.92 Å². The number of rotatable bonds is 1. The number of para-hydroxylation sites is 1. The van der Waals surface area contributed by atoms with Crippen LogP contribution in [0.25, 0.3) is 22.2 Å². The van der Waals surface area contributed by atoms with Crippen molar-refractivity contribution in [2.24, 2.45) is 7.05 Å². The van der Waals surface area contributed by atoms with Crippen molar-refractivity contribution in [1.82, 2.24) is 9.72 Å². The van der Waals surface area contributed by atoms with E-state index in [0.29, 0.717) is 5.88 Å².